The van der Waals surface area contributed by atoms with Gasteiger partial charge in [0, 0.05) is 11.8 Å². The SMILES string of the molecule is Cc1cnc(OC(F)(F)F)c(O)c1CF. The summed E-state index contributed by atoms with van der Waals surface area (Å²) in [5.41, 5.74) is -0.00576. The molecular weight excluding hydrogens is 218 g/mol. The number of ether oxygens (including phenoxy) is 1. The van der Waals surface area contributed by atoms with E-state index in [9.17, 15) is 22.7 Å². The number of hydrogen-bond donors (Lipinski definition) is 1. The Bertz CT molecular complexity index is 364. The molecule has 0 aliphatic rings. The average molecular weight is 225 g/mol. The quantitative estimate of drug-likeness (QED) is 0.786. The topological polar surface area (TPSA) is 42.4 Å². The first-order chi connectivity index (χ1) is 6.85. The van der Waals surface area contributed by atoms with E-state index in [-0.39, 0.29) is 11.1 Å². The van der Waals surface area contributed by atoms with E-state index < -0.39 is 24.7 Å². The normalized spacial score (nSPS) is 11.5. The highest BCUT2D eigenvalue weighted by Crippen LogP contribution is 2.33. The monoisotopic (exact) mass is 225 g/mol. The fourth-order valence-electron chi connectivity index (χ4n) is 0.963. The van der Waals surface area contributed by atoms with Crippen molar-refractivity contribution in [1.82, 2.24) is 4.98 Å². The van der Waals surface area contributed by atoms with E-state index in [1.54, 1.807) is 0 Å². The number of alkyl halides is 4. The summed E-state index contributed by atoms with van der Waals surface area (Å²) < 4.78 is 51.1. The van der Waals surface area contributed by atoms with E-state index >= 15 is 0 Å². The van der Waals surface area contributed by atoms with Crippen LogP contribution in [-0.4, -0.2) is 16.5 Å². The van der Waals surface area contributed by atoms with Crippen LogP contribution in [0.4, 0.5) is 17.6 Å². The lowest BCUT2D eigenvalue weighted by atomic mass is 10.1. The van der Waals surface area contributed by atoms with Crippen molar-refractivity contribution in [3.63, 3.8) is 0 Å². The van der Waals surface area contributed by atoms with Gasteiger partial charge in [0.25, 0.3) is 5.88 Å². The maximum Gasteiger partial charge on any atom is 0.574 e. The number of aromatic nitrogens is 1. The predicted octanol–water partition coefficient (Wildman–Crippen LogP) is 2.46. The van der Waals surface area contributed by atoms with Crippen LogP contribution in [0.25, 0.3) is 0 Å². The molecule has 84 valence electrons. The molecule has 0 fully saturated rings. The Morgan fingerprint density at radius 3 is 2.53 bits per heavy atom. The summed E-state index contributed by atoms with van der Waals surface area (Å²) in [6, 6.07) is 0. The minimum absolute atomic E-state index is 0.254. The second-order valence-corrected chi connectivity index (χ2v) is 2.75. The van der Waals surface area contributed by atoms with Gasteiger partial charge in [-0.15, -0.1) is 13.2 Å². The van der Waals surface area contributed by atoms with Gasteiger partial charge in [-0.05, 0) is 12.5 Å². The van der Waals surface area contributed by atoms with Crippen LogP contribution >= 0.6 is 0 Å². The van der Waals surface area contributed by atoms with E-state index in [0.717, 1.165) is 6.20 Å². The lowest BCUT2D eigenvalue weighted by Crippen LogP contribution is -2.18. The molecule has 0 radical (unpaired) electrons. The zero-order chi connectivity index (χ0) is 11.6. The van der Waals surface area contributed by atoms with Crippen molar-refractivity contribution in [3.05, 3.63) is 17.3 Å². The number of halogens is 4. The van der Waals surface area contributed by atoms with Crippen LogP contribution in [0.15, 0.2) is 6.20 Å². The first-order valence-corrected chi connectivity index (χ1v) is 3.84. The summed E-state index contributed by atoms with van der Waals surface area (Å²) in [6.07, 6.45) is -3.97. The highest BCUT2D eigenvalue weighted by Gasteiger charge is 2.33. The van der Waals surface area contributed by atoms with Gasteiger partial charge in [0.05, 0.1) is 0 Å². The minimum Gasteiger partial charge on any atom is -0.503 e. The van der Waals surface area contributed by atoms with Crippen molar-refractivity contribution in [2.24, 2.45) is 0 Å². The largest absolute Gasteiger partial charge is 0.574 e. The van der Waals surface area contributed by atoms with Gasteiger partial charge in [-0.1, -0.05) is 0 Å². The van der Waals surface area contributed by atoms with Crippen LogP contribution in [0, 0.1) is 6.92 Å². The molecule has 1 rings (SSSR count). The van der Waals surface area contributed by atoms with Gasteiger partial charge in [-0.3, -0.25) is 0 Å². The predicted molar refractivity (Wildman–Crippen MR) is 42.1 cm³/mol. The molecule has 15 heavy (non-hydrogen) atoms. The van der Waals surface area contributed by atoms with Gasteiger partial charge in [0.15, 0.2) is 5.75 Å². The number of aryl methyl sites for hydroxylation is 1. The molecule has 0 aliphatic carbocycles. The third-order valence-electron chi connectivity index (χ3n) is 1.69. The number of rotatable bonds is 2. The van der Waals surface area contributed by atoms with Crippen molar-refractivity contribution >= 4 is 0 Å². The van der Waals surface area contributed by atoms with Crippen LogP contribution in [0.3, 0.4) is 0 Å². The van der Waals surface area contributed by atoms with Crippen molar-refractivity contribution in [2.75, 3.05) is 0 Å². The average Bonchev–Trinajstić information content (AvgIpc) is 2.09. The Kier molecular flexibility index (Phi) is 3.01. The van der Waals surface area contributed by atoms with E-state index in [1.165, 1.54) is 6.92 Å². The molecule has 0 bridgehead atoms. The van der Waals surface area contributed by atoms with Gasteiger partial charge in [-0.25, -0.2) is 9.37 Å². The molecular formula is C8H7F4NO2. The van der Waals surface area contributed by atoms with E-state index in [2.05, 4.69) is 9.72 Å². The molecule has 0 saturated heterocycles. The summed E-state index contributed by atoms with van der Waals surface area (Å²) in [7, 11) is 0. The zero-order valence-electron chi connectivity index (χ0n) is 7.60. The van der Waals surface area contributed by atoms with E-state index in [0.29, 0.717) is 0 Å². The molecule has 0 amide bonds. The summed E-state index contributed by atoms with van der Waals surface area (Å²) in [4.78, 5) is 3.21. The molecule has 3 nitrogen and oxygen atoms in total. The minimum atomic E-state index is -4.96. The van der Waals surface area contributed by atoms with Crippen molar-refractivity contribution in [1.29, 1.82) is 0 Å². The molecule has 0 aliphatic heterocycles. The van der Waals surface area contributed by atoms with Gasteiger partial charge in [-0.2, -0.15) is 0 Å². The Labute approximate surface area is 82.3 Å². The summed E-state index contributed by atoms with van der Waals surface area (Å²) in [5, 5.41) is 9.21. The highest BCUT2D eigenvalue weighted by molar-refractivity contribution is 5.43. The summed E-state index contributed by atoms with van der Waals surface area (Å²) >= 11 is 0. The van der Waals surface area contributed by atoms with Crippen molar-refractivity contribution < 1.29 is 27.4 Å². The fraction of sp³-hybridized carbons (Fsp3) is 0.375. The van der Waals surface area contributed by atoms with Crippen LogP contribution < -0.4 is 4.74 Å². The number of hydrogen-bond acceptors (Lipinski definition) is 3. The lowest BCUT2D eigenvalue weighted by Gasteiger charge is -2.11. The Hall–Kier alpha value is -1.53. The summed E-state index contributed by atoms with van der Waals surface area (Å²) in [6.45, 7) is 0.327. The molecule has 1 aromatic heterocycles. The Morgan fingerprint density at radius 2 is 2.07 bits per heavy atom. The lowest BCUT2D eigenvalue weighted by molar-refractivity contribution is -0.276. The van der Waals surface area contributed by atoms with Gasteiger partial charge < -0.3 is 9.84 Å². The second-order valence-electron chi connectivity index (χ2n) is 2.75. The molecule has 0 aromatic carbocycles. The first-order valence-electron chi connectivity index (χ1n) is 3.84. The van der Waals surface area contributed by atoms with Crippen LogP contribution in [0.1, 0.15) is 11.1 Å². The van der Waals surface area contributed by atoms with Crippen LogP contribution in [0.2, 0.25) is 0 Å². The third kappa shape index (κ3) is 2.71. The van der Waals surface area contributed by atoms with Gasteiger partial charge >= 0.3 is 6.36 Å². The Morgan fingerprint density at radius 1 is 1.47 bits per heavy atom. The molecule has 1 N–H and O–H groups in total. The highest BCUT2D eigenvalue weighted by atomic mass is 19.4. The number of aromatic hydroxyl groups is 1. The molecule has 0 unspecified atom stereocenters. The van der Waals surface area contributed by atoms with Crippen LogP contribution in [-0.2, 0) is 6.67 Å². The van der Waals surface area contributed by atoms with Crippen molar-refractivity contribution in [3.8, 4) is 11.6 Å². The maximum atomic E-state index is 12.3. The first kappa shape index (κ1) is 11.5. The second kappa shape index (κ2) is 3.92. The molecule has 0 saturated carbocycles. The van der Waals surface area contributed by atoms with Gasteiger partial charge in [0.2, 0.25) is 0 Å². The molecule has 1 aromatic rings. The van der Waals surface area contributed by atoms with Crippen LogP contribution in [0.5, 0.6) is 11.6 Å². The fourth-order valence-corrected chi connectivity index (χ4v) is 0.963. The third-order valence-corrected chi connectivity index (χ3v) is 1.69. The van der Waals surface area contributed by atoms with Crippen molar-refractivity contribution in [2.45, 2.75) is 20.0 Å². The standard InChI is InChI=1S/C8H7F4NO2/c1-4-3-13-7(15-8(10,11)12)6(14)5(4)2-9/h3,14H,2H2,1H3. The summed E-state index contributed by atoms with van der Waals surface area (Å²) in [5.74, 6) is -1.96. The van der Waals surface area contributed by atoms with E-state index in [4.69, 9.17) is 0 Å². The molecule has 7 heteroatoms. The molecule has 1 heterocycles. The number of pyridine rings is 1. The Balaban J connectivity index is 3.11. The maximum absolute atomic E-state index is 12.3. The molecule has 0 atom stereocenters. The smallest absolute Gasteiger partial charge is 0.503 e. The zero-order valence-corrected chi connectivity index (χ0v) is 7.60. The van der Waals surface area contributed by atoms with Gasteiger partial charge in [0.1, 0.15) is 6.67 Å². The number of nitrogens with zero attached hydrogens (tertiary/aromatic N) is 1. The molecule has 0 spiro atoms. The van der Waals surface area contributed by atoms with E-state index in [1.807, 2.05) is 0 Å².